The monoisotopic (exact) mass is 1290 g/mol. The molecule has 5 fully saturated rings. The summed E-state index contributed by atoms with van der Waals surface area (Å²) in [5, 5.41) is 211. The standard InChI is InChI=1S/C50H89N3O35/c1-16-29(51-17(2)61)35(69)43(24(10-57)79-16)86-46-30(52-18(3)62)36(70)42(25(11-58)83-46)85-28(13-60)80-27(15-78-48-40(74)38(72)33(67)22(8-55)81-48)21(65)14-77-50(76-5)45(32(66)20(64)6-7-54)88-47-31(53-19(4)63)37(71)44(26(12-59)84-47)87-49-41(75)39(73)34(68)23(9-56)82-49/h16,20-50,54-60,64-75H,6-15H2,1-5H3,(H,51,61)(H,52,62)(H,53,63)/t16-,20+,21-,22?,23?,24?,25?,26?,27?,28-,29?,30?,31?,32?,33+,34-,35?,36?,37?,38?,39?,40?,41?,42+,43+,44+,45?,46-,47-,48-,49-,50+/m0/s1. The van der Waals surface area contributed by atoms with Crippen LogP contribution in [0.5, 0.6) is 0 Å². The van der Waals surface area contributed by atoms with Crippen molar-refractivity contribution in [2.45, 2.75) is 230 Å². The number of ether oxygens (including phenoxy) is 13. The van der Waals surface area contributed by atoms with Gasteiger partial charge in [-0.25, -0.2) is 0 Å². The van der Waals surface area contributed by atoms with Gasteiger partial charge in [0.2, 0.25) is 17.7 Å². The highest BCUT2D eigenvalue weighted by atomic mass is 16.8. The number of aliphatic hydroxyl groups excluding tert-OH is 19. The largest absolute Gasteiger partial charge is 0.396 e. The summed E-state index contributed by atoms with van der Waals surface area (Å²) in [4.78, 5) is 37.3. The van der Waals surface area contributed by atoms with E-state index in [1.807, 2.05) is 0 Å². The second kappa shape index (κ2) is 35.4. The molecule has 38 nitrogen and oxygen atoms in total. The molecule has 3 amide bonds. The van der Waals surface area contributed by atoms with Crippen molar-refractivity contribution in [3.63, 3.8) is 0 Å². The zero-order valence-corrected chi connectivity index (χ0v) is 48.6. The smallest absolute Gasteiger partial charge is 0.217 e. The van der Waals surface area contributed by atoms with Crippen LogP contribution in [-0.2, 0) is 76.0 Å². The van der Waals surface area contributed by atoms with Crippen molar-refractivity contribution in [1.82, 2.24) is 16.0 Å². The van der Waals surface area contributed by atoms with E-state index in [2.05, 4.69) is 16.0 Å². The third-order valence-corrected chi connectivity index (χ3v) is 15.3. The Morgan fingerprint density at radius 1 is 0.489 bits per heavy atom. The first-order chi connectivity index (χ1) is 41.6. The molecule has 0 aromatic heterocycles. The number of nitrogens with one attached hydrogen (secondary N) is 3. The van der Waals surface area contributed by atoms with Crippen LogP contribution < -0.4 is 16.0 Å². The van der Waals surface area contributed by atoms with Crippen LogP contribution in [0.25, 0.3) is 0 Å². The topological polar surface area (TPSA) is 592 Å². The molecular formula is C50H89N3O35. The number of aliphatic hydroxyl groups is 19. The van der Waals surface area contributed by atoms with Crippen molar-refractivity contribution in [2.24, 2.45) is 0 Å². The molecule has 514 valence electrons. The fourth-order valence-electron chi connectivity index (χ4n) is 10.6. The molecule has 0 aromatic carbocycles. The Morgan fingerprint density at radius 2 is 0.932 bits per heavy atom. The number of hydrogen-bond acceptors (Lipinski definition) is 35. The predicted octanol–water partition coefficient (Wildman–Crippen LogP) is -13.9. The molecule has 0 aromatic rings. The maximum atomic E-state index is 12.7. The second-order valence-electron chi connectivity index (χ2n) is 21.7. The molecule has 18 unspecified atom stereocenters. The molecule has 22 N–H and O–H groups in total. The molecule has 5 aliphatic rings. The summed E-state index contributed by atoms with van der Waals surface area (Å²) in [6, 6.07) is -4.59. The van der Waals surface area contributed by atoms with Gasteiger partial charge in [0.25, 0.3) is 0 Å². The van der Waals surface area contributed by atoms with E-state index >= 15 is 0 Å². The number of methoxy groups -OCH3 is 1. The lowest BCUT2D eigenvalue weighted by Gasteiger charge is -2.48. The highest BCUT2D eigenvalue weighted by molar-refractivity contribution is 5.74. The minimum atomic E-state index is -2.20. The number of carbonyl (C=O) groups excluding carboxylic acids is 3. The molecule has 0 spiro atoms. The first kappa shape index (κ1) is 75.8. The van der Waals surface area contributed by atoms with Gasteiger partial charge < -0.3 is 175 Å². The quantitative estimate of drug-likeness (QED) is 0.0278. The molecule has 88 heavy (non-hydrogen) atoms. The summed E-state index contributed by atoms with van der Waals surface area (Å²) in [6.45, 7) is -3.87. The van der Waals surface area contributed by atoms with E-state index in [0.717, 1.165) is 21.0 Å². The average Bonchev–Trinajstić information content (AvgIpc) is 1.17. The molecule has 38 heteroatoms. The molecule has 0 aliphatic carbocycles. The van der Waals surface area contributed by atoms with Crippen LogP contribution in [0.2, 0.25) is 0 Å². The van der Waals surface area contributed by atoms with E-state index < -0.39 is 280 Å². The highest BCUT2D eigenvalue weighted by Crippen LogP contribution is 2.34. The van der Waals surface area contributed by atoms with Gasteiger partial charge in [-0.15, -0.1) is 0 Å². The Bertz CT molecular complexity index is 2080. The Balaban J connectivity index is 1.43. The first-order valence-corrected chi connectivity index (χ1v) is 28.2. The third-order valence-electron chi connectivity index (χ3n) is 15.3. The maximum absolute atomic E-state index is 12.7. The van der Waals surface area contributed by atoms with Crippen LogP contribution in [-0.4, -0.2) is 378 Å². The number of amides is 3. The van der Waals surface area contributed by atoms with Gasteiger partial charge in [-0.2, -0.15) is 0 Å². The van der Waals surface area contributed by atoms with Crippen molar-refractivity contribution in [2.75, 3.05) is 66.6 Å². The Labute approximate surface area is 502 Å². The van der Waals surface area contributed by atoms with Gasteiger partial charge in [-0.05, 0) is 13.3 Å². The third kappa shape index (κ3) is 18.9. The Kier molecular flexibility index (Phi) is 30.5. The van der Waals surface area contributed by atoms with E-state index in [9.17, 15) is 111 Å². The SMILES string of the molecule is CO[C@H](OC[C@H](O)C(CO[C@H]1OC(CO)[C@@H](O)C(O)C1O)O[C@H](CO)O[C@@H]1C(CO)O[C@@H](O[C@@H]2C(CO)O[C@@H](C)C(NC(C)=O)C2O)C(NC(C)=O)C1O)C(O[C@@H]1OC(CO)[C@@H](O[C@@H]2OC(CO)[C@H](O)C(O)C2O)C(O)C1NC(C)=O)C(O)[C@H](O)CCO. The molecule has 0 saturated carbocycles. The van der Waals surface area contributed by atoms with E-state index in [0.29, 0.717) is 0 Å². The summed E-state index contributed by atoms with van der Waals surface area (Å²) in [7, 11) is 0.963. The number of hydrogen-bond donors (Lipinski definition) is 22. The van der Waals surface area contributed by atoms with Gasteiger partial charge in [0.15, 0.2) is 37.7 Å². The lowest BCUT2D eigenvalue weighted by Crippen LogP contribution is -2.69. The first-order valence-electron chi connectivity index (χ1n) is 28.2. The van der Waals surface area contributed by atoms with Crippen molar-refractivity contribution in [1.29, 1.82) is 0 Å². The summed E-state index contributed by atoms with van der Waals surface area (Å²) >= 11 is 0. The Hall–Kier alpha value is -2.87. The van der Waals surface area contributed by atoms with Crippen LogP contribution >= 0.6 is 0 Å². The second-order valence-corrected chi connectivity index (χ2v) is 21.7. The summed E-state index contributed by atoms with van der Waals surface area (Å²) in [6.07, 6.45) is -53.7. The van der Waals surface area contributed by atoms with Crippen LogP contribution in [0.4, 0.5) is 0 Å². The summed E-state index contributed by atoms with van der Waals surface area (Å²) < 4.78 is 75.3. The van der Waals surface area contributed by atoms with Crippen LogP contribution in [0, 0.1) is 0 Å². The van der Waals surface area contributed by atoms with Crippen molar-refractivity contribution < 1.29 is 173 Å². The van der Waals surface area contributed by atoms with Gasteiger partial charge >= 0.3 is 0 Å². The number of rotatable bonds is 32. The molecule has 5 heterocycles. The van der Waals surface area contributed by atoms with E-state index in [-0.39, 0.29) is 0 Å². The normalized spacial score (nSPS) is 40.6. The zero-order chi connectivity index (χ0) is 65.6. The van der Waals surface area contributed by atoms with Crippen molar-refractivity contribution in [3.05, 3.63) is 0 Å². The van der Waals surface area contributed by atoms with Crippen LogP contribution in [0.15, 0.2) is 0 Å². The van der Waals surface area contributed by atoms with Gasteiger partial charge in [0.1, 0.15) is 140 Å². The summed E-state index contributed by atoms with van der Waals surface area (Å²) in [5.41, 5.74) is 0. The fraction of sp³-hybridized carbons (Fsp3) is 0.940. The van der Waals surface area contributed by atoms with Gasteiger partial charge in [-0.3, -0.25) is 14.4 Å². The molecule has 5 rings (SSSR count). The molecule has 5 saturated heterocycles. The van der Waals surface area contributed by atoms with Gasteiger partial charge in [0, 0.05) is 34.5 Å². The number of carbonyl (C=O) groups is 3. The predicted molar refractivity (Wildman–Crippen MR) is 279 cm³/mol. The lowest BCUT2D eigenvalue weighted by molar-refractivity contribution is -0.360. The van der Waals surface area contributed by atoms with Crippen LogP contribution in [0.3, 0.4) is 0 Å². The lowest BCUT2D eigenvalue weighted by atomic mass is 9.92. The molecule has 32 atom stereocenters. The molecule has 0 bridgehead atoms. The molecule has 5 aliphatic heterocycles. The Morgan fingerprint density at radius 3 is 1.44 bits per heavy atom. The van der Waals surface area contributed by atoms with E-state index in [1.165, 1.54) is 13.8 Å². The molecule has 0 radical (unpaired) electrons. The summed E-state index contributed by atoms with van der Waals surface area (Å²) in [5.74, 6) is -2.23. The van der Waals surface area contributed by atoms with E-state index in [4.69, 9.17) is 61.6 Å². The average molecular weight is 1290 g/mol. The minimum Gasteiger partial charge on any atom is -0.396 e. The highest BCUT2D eigenvalue weighted by Gasteiger charge is 2.55. The minimum absolute atomic E-state index is 0.551. The van der Waals surface area contributed by atoms with Crippen molar-refractivity contribution in [3.8, 4) is 0 Å². The molecular weight excluding hydrogens is 1200 g/mol. The van der Waals surface area contributed by atoms with Crippen LogP contribution in [0.1, 0.15) is 34.1 Å². The van der Waals surface area contributed by atoms with Crippen molar-refractivity contribution >= 4 is 17.7 Å². The van der Waals surface area contributed by atoms with Gasteiger partial charge in [0.05, 0.1) is 71.1 Å². The maximum Gasteiger partial charge on any atom is 0.217 e. The van der Waals surface area contributed by atoms with E-state index in [1.54, 1.807) is 0 Å². The fourth-order valence-corrected chi connectivity index (χ4v) is 10.6. The van der Waals surface area contributed by atoms with Gasteiger partial charge in [-0.1, -0.05) is 0 Å². The zero-order valence-electron chi connectivity index (χ0n) is 48.6.